The van der Waals surface area contributed by atoms with Crippen molar-refractivity contribution in [1.82, 2.24) is 0 Å². The fourth-order valence-electron chi connectivity index (χ4n) is 0.111. The molecule has 0 rings (SSSR count). The van der Waals surface area contributed by atoms with Crippen LogP contribution >= 0.6 is 13.5 Å². The Hall–Kier alpha value is 0.869. The van der Waals surface area contributed by atoms with Crippen molar-refractivity contribution in [2.75, 3.05) is 0 Å². The average molecular weight is 328 g/mol. The molecule has 0 amide bonds. The van der Waals surface area contributed by atoms with E-state index in [-0.39, 0.29) is 0 Å². The molecule has 6 heavy (non-hydrogen) atoms. The molecule has 0 saturated carbocycles. The first-order valence-electron chi connectivity index (χ1n) is 1.67. The first-order chi connectivity index (χ1) is 2.81. The first-order valence-corrected chi connectivity index (χ1v) is 9.66. The molecule has 0 N–H and O–H groups in total. The number of rotatable bonds is 0. The summed E-state index contributed by atoms with van der Waals surface area (Å²) in [6.45, 7) is 4.20. The minimum absolute atomic E-state index is 0.817. The third-order valence-electron chi connectivity index (χ3n) is 0.368. The van der Waals surface area contributed by atoms with Gasteiger partial charge in [-0.05, 0) is 0 Å². The molecule has 0 aliphatic rings. The van der Waals surface area contributed by atoms with E-state index in [0.29, 0.717) is 0 Å². The second-order valence-corrected chi connectivity index (χ2v) is 10.2. The second kappa shape index (κ2) is 4.04. The SMILES string of the molecule is C/[CH]=[Ir](\[Br])=[CH]/C. The Bertz CT molecular complexity index is 88.1. The molecule has 0 atom stereocenters. The van der Waals surface area contributed by atoms with Gasteiger partial charge in [0.1, 0.15) is 0 Å². The van der Waals surface area contributed by atoms with E-state index in [2.05, 4.69) is 36.4 Å². The van der Waals surface area contributed by atoms with Crippen molar-refractivity contribution in [1.29, 1.82) is 0 Å². The summed E-state index contributed by atoms with van der Waals surface area (Å²) in [6.07, 6.45) is 0. The molecule has 0 aromatic heterocycles. The zero-order chi connectivity index (χ0) is 4.99. The van der Waals surface area contributed by atoms with E-state index >= 15 is 0 Å². The zero-order valence-electron chi connectivity index (χ0n) is 3.87. The molecule has 0 aliphatic carbocycles. The molecule has 0 bridgehead atoms. The summed E-state index contributed by atoms with van der Waals surface area (Å²) in [4.78, 5) is 0. The summed E-state index contributed by atoms with van der Waals surface area (Å²) < 4.78 is 4.50. The molecule has 0 radical (unpaired) electrons. The molecule has 0 fully saturated rings. The topological polar surface area (TPSA) is 0 Å². The van der Waals surface area contributed by atoms with Crippen LogP contribution in [0.2, 0.25) is 0 Å². The minimum atomic E-state index is -0.817. The Morgan fingerprint density at radius 3 is 1.67 bits per heavy atom. The van der Waals surface area contributed by atoms with Gasteiger partial charge in [0.25, 0.3) is 0 Å². The van der Waals surface area contributed by atoms with Crippen molar-refractivity contribution in [3.8, 4) is 0 Å². The third-order valence-corrected chi connectivity index (χ3v) is 8.01. The van der Waals surface area contributed by atoms with E-state index in [1.165, 1.54) is 0 Å². The van der Waals surface area contributed by atoms with E-state index in [1.54, 1.807) is 0 Å². The van der Waals surface area contributed by atoms with E-state index < -0.39 is 13.6 Å². The molecule has 0 aromatic carbocycles. The number of halogens is 1. The van der Waals surface area contributed by atoms with Gasteiger partial charge in [0, 0.05) is 0 Å². The van der Waals surface area contributed by atoms with Gasteiger partial charge in [0.15, 0.2) is 0 Å². The van der Waals surface area contributed by atoms with Crippen LogP contribution in [-0.4, -0.2) is 9.05 Å². The van der Waals surface area contributed by atoms with Crippen LogP contribution in [0.1, 0.15) is 13.8 Å². The van der Waals surface area contributed by atoms with Gasteiger partial charge in [-0.25, -0.2) is 0 Å². The molecule has 0 saturated heterocycles. The molecule has 0 spiro atoms. The molecule has 2 heteroatoms. The predicted octanol–water partition coefficient (Wildman–Crippen LogP) is 1.56. The predicted molar refractivity (Wildman–Crippen MR) is 32.4 cm³/mol. The van der Waals surface area contributed by atoms with E-state index in [1.807, 2.05) is 0 Å². The normalized spacial score (nSPS) is 18.8. The summed E-state index contributed by atoms with van der Waals surface area (Å²) in [7, 11) is 0. The van der Waals surface area contributed by atoms with Crippen LogP contribution < -0.4 is 0 Å². The van der Waals surface area contributed by atoms with Gasteiger partial charge in [0.2, 0.25) is 0 Å². The molecule has 40 valence electrons. The average Bonchev–Trinajstić information content (AvgIpc) is 1.65. The van der Waals surface area contributed by atoms with Crippen molar-refractivity contribution < 1.29 is 13.6 Å². The molecule has 0 aliphatic heterocycles. The van der Waals surface area contributed by atoms with Crippen LogP contribution in [0.3, 0.4) is 0 Å². The molecule has 0 aromatic rings. The van der Waals surface area contributed by atoms with Gasteiger partial charge in [-0.15, -0.1) is 0 Å². The van der Waals surface area contributed by atoms with Gasteiger partial charge >= 0.3 is 50.0 Å². The van der Waals surface area contributed by atoms with Crippen LogP contribution in [0.25, 0.3) is 0 Å². The Morgan fingerprint density at radius 2 is 1.67 bits per heavy atom. The summed E-state index contributed by atoms with van der Waals surface area (Å²) in [5, 5.41) is 0. The second-order valence-electron chi connectivity index (χ2n) is 0.641. The maximum atomic E-state index is 3.53. The molecular weight excluding hydrogens is 320 g/mol. The van der Waals surface area contributed by atoms with Crippen molar-refractivity contribution in [2.45, 2.75) is 13.8 Å². The van der Waals surface area contributed by atoms with Crippen LogP contribution in [0.4, 0.5) is 0 Å². The van der Waals surface area contributed by atoms with Gasteiger partial charge in [-0.1, -0.05) is 0 Å². The van der Waals surface area contributed by atoms with Crippen LogP contribution in [0.5, 0.6) is 0 Å². The Labute approximate surface area is 50.0 Å². The molecule has 0 nitrogen and oxygen atoms in total. The van der Waals surface area contributed by atoms with Gasteiger partial charge in [-0.3, -0.25) is 0 Å². The number of hydrogen-bond donors (Lipinski definition) is 0. The summed E-state index contributed by atoms with van der Waals surface area (Å²) in [5.74, 6) is 0. The fourth-order valence-corrected chi connectivity index (χ4v) is 0.909. The number of hydrogen-bond acceptors (Lipinski definition) is 0. The first kappa shape index (κ1) is 6.87. The maximum absolute atomic E-state index is 3.53. The van der Waals surface area contributed by atoms with Crippen LogP contribution in [0.15, 0.2) is 0 Å². The molecule has 0 heterocycles. The quantitative estimate of drug-likeness (QED) is 0.633. The molecular formula is C4H8BrIr. The van der Waals surface area contributed by atoms with E-state index in [4.69, 9.17) is 0 Å². The monoisotopic (exact) mass is 328 g/mol. The Kier molecular flexibility index (Phi) is 4.63. The summed E-state index contributed by atoms with van der Waals surface area (Å²) in [6, 6.07) is 0. The van der Waals surface area contributed by atoms with Crippen molar-refractivity contribution in [3.63, 3.8) is 0 Å². The van der Waals surface area contributed by atoms with Crippen LogP contribution in [-0.2, 0) is 13.6 Å². The molecule has 0 unspecified atom stereocenters. The van der Waals surface area contributed by atoms with E-state index in [0.717, 1.165) is 0 Å². The van der Waals surface area contributed by atoms with Gasteiger partial charge in [0.05, 0.1) is 0 Å². The Balaban J connectivity index is 3.86. The van der Waals surface area contributed by atoms with Crippen LogP contribution in [0, 0.1) is 0 Å². The summed E-state index contributed by atoms with van der Waals surface area (Å²) in [5.41, 5.74) is 0. The van der Waals surface area contributed by atoms with Crippen molar-refractivity contribution >= 4 is 22.5 Å². The standard InChI is InChI=1S/2C2H4.BrH.Ir/c2*1-2;;/h2*1H,2H3;1H;/q;;;+1/p-1. The zero-order valence-corrected chi connectivity index (χ0v) is 7.85. The third kappa shape index (κ3) is 3.07. The van der Waals surface area contributed by atoms with Gasteiger partial charge in [-0.2, -0.15) is 0 Å². The Morgan fingerprint density at radius 1 is 1.33 bits per heavy atom. The van der Waals surface area contributed by atoms with Gasteiger partial charge < -0.3 is 0 Å². The summed E-state index contributed by atoms with van der Waals surface area (Å²) >= 11 is 2.71. The van der Waals surface area contributed by atoms with Crippen molar-refractivity contribution in [2.24, 2.45) is 0 Å². The van der Waals surface area contributed by atoms with E-state index in [9.17, 15) is 0 Å². The van der Waals surface area contributed by atoms with Crippen molar-refractivity contribution in [3.05, 3.63) is 0 Å². The fraction of sp³-hybridized carbons (Fsp3) is 0.500.